The highest BCUT2D eigenvalue weighted by atomic mass is 35.5. The van der Waals surface area contributed by atoms with Gasteiger partial charge in [0.05, 0.1) is 17.1 Å². The molecule has 3 heteroatoms. The number of aromatic nitrogens is 2. The molecule has 70 valence electrons. The lowest BCUT2D eigenvalue weighted by Gasteiger charge is -2.02. The first kappa shape index (κ1) is 10.1. The van der Waals surface area contributed by atoms with Crippen LogP contribution in [0.3, 0.4) is 0 Å². The fourth-order valence-corrected chi connectivity index (χ4v) is 1.06. The SMILES string of the molecule is Cc1nn(C(C)C)cc1C#CCCl. The van der Waals surface area contributed by atoms with Crippen LogP contribution in [0.4, 0.5) is 0 Å². The van der Waals surface area contributed by atoms with E-state index in [0.717, 1.165) is 11.3 Å². The predicted octanol–water partition coefficient (Wildman–Crippen LogP) is 2.36. The third-order valence-electron chi connectivity index (χ3n) is 1.74. The summed E-state index contributed by atoms with van der Waals surface area (Å²) in [7, 11) is 0. The van der Waals surface area contributed by atoms with Crippen LogP contribution in [0.25, 0.3) is 0 Å². The molecular weight excluding hydrogens is 184 g/mol. The Labute approximate surface area is 83.9 Å². The van der Waals surface area contributed by atoms with Gasteiger partial charge in [0.1, 0.15) is 0 Å². The summed E-state index contributed by atoms with van der Waals surface area (Å²) in [4.78, 5) is 0. The van der Waals surface area contributed by atoms with Gasteiger partial charge in [-0.2, -0.15) is 5.10 Å². The van der Waals surface area contributed by atoms with Crippen molar-refractivity contribution in [2.45, 2.75) is 26.8 Å². The number of halogens is 1. The molecule has 0 bridgehead atoms. The molecule has 1 heterocycles. The van der Waals surface area contributed by atoms with Crippen LogP contribution in [0.5, 0.6) is 0 Å². The van der Waals surface area contributed by atoms with Crippen molar-refractivity contribution < 1.29 is 0 Å². The van der Waals surface area contributed by atoms with Crippen LogP contribution < -0.4 is 0 Å². The number of hydrogen-bond donors (Lipinski definition) is 0. The van der Waals surface area contributed by atoms with E-state index in [1.807, 2.05) is 17.8 Å². The fourth-order valence-electron chi connectivity index (χ4n) is 0.998. The van der Waals surface area contributed by atoms with Gasteiger partial charge in [0.15, 0.2) is 0 Å². The van der Waals surface area contributed by atoms with Crippen molar-refractivity contribution >= 4 is 11.6 Å². The molecule has 0 unspecified atom stereocenters. The number of nitrogens with zero attached hydrogens (tertiary/aromatic N) is 2. The van der Waals surface area contributed by atoms with Gasteiger partial charge in [-0.3, -0.25) is 4.68 Å². The Morgan fingerprint density at radius 3 is 2.77 bits per heavy atom. The molecule has 0 fully saturated rings. The van der Waals surface area contributed by atoms with Gasteiger partial charge in [0.2, 0.25) is 0 Å². The number of hydrogen-bond acceptors (Lipinski definition) is 1. The molecule has 0 aliphatic rings. The number of rotatable bonds is 1. The summed E-state index contributed by atoms with van der Waals surface area (Å²) < 4.78 is 1.91. The van der Waals surface area contributed by atoms with Gasteiger partial charge in [-0.25, -0.2) is 0 Å². The molecule has 2 nitrogen and oxygen atoms in total. The van der Waals surface area contributed by atoms with Gasteiger partial charge in [-0.15, -0.1) is 11.6 Å². The quantitative estimate of drug-likeness (QED) is 0.498. The normalized spacial score (nSPS) is 9.92. The molecule has 0 N–H and O–H groups in total. The highest BCUT2D eigenvalue weighted by molar-refractivity contribution is 6.19. The minimum Gasteiger partial charge on any atom is -0.269 e. The van der Waals surface area contributed by atoms with Gasteiger partial charge in [-0.1, -0.05) is 11.8 Å². The van der Waals surface area contributed by atoms with Gasteiger partial charge >= 0.3 is 0 Å². The average molecular weight is 197 g/mol. The van der Waals surface area contributed by atoms with Crippen molar-refractivity contribution in [2.75, 3.05) is 5.88 Å². The fraction of sp³-hybridized carbons (Fsp3) is 0.500. The maximum atomic E-state index is 5.47. The second kappa shape index (κ2) is 4.34. The van der Waals surface area contributed by atoms with Crippen LogP contribution in [-0.4, -0.2) is 15.7 Å². The minimum absolute atomic E-state index is 0.367. The van der Waals surface area contributed by atoms with Crippen molar-refractivity contribution in [2.24, 2.45) is 0 Å². The molecule has 0 amide bonds. The van der Waals surface area contributed by atoms with E-state index in [2.05, 4.69) is 30.8 Å². The van der Waals surface area contributed by atoms with E-state index in [0.29, 0.717) is 11.9 Å². The molecule has 1 rings (SSSR count). The molecule has 13 heavy (non-hydrogen) atoms. The summed E-state index contributed by atoms with van der Waals surface area (Å²) in [5.74, 6) is 6.16. The monoisotopic (exact) mass is 196 g/mol. The van der Waals surface area contributed by atoms with E-state index in [4.69, 9.17) is 11.6 Å². The van der Waals surface area contributed by atoms with E-state index < -0.39 is 0 Å². The van der Waals surface area contributed by atoms with E-state index in [1.54, 1.807) is 0 Å². The third-order valence-corrected chi connectivity index (χ3v) is 1.87. The molecular formula is C10H13ClN2. The smallest absolute Gasteiger partial charge is 0.0839 e. The summed E-state index contributed by atoms with van der Waals surface area (Å²) in [5.41, 5.74) is 1.93. The van der Waals surface area contributed by atoms with Crippen LogP contribution in [0, 0.1) is 18.8 Å². The van der Waals surface area contributed by atoms with Crippen molar-refractivity contribution in [1.82, 2.24) is 9.78 Å². The zero-order chi connectivity index (χ0) is 9.84. The molecule has 1 aromatic heterocycles. The molecule has 0 saturated carbocycles. The van der Waals surface area contributed by atoms with Crippen LogP contribution in [0.1, 0.15) is 31.1 Å². The van der Waals surface area contributed by atoms with E-state index in [9.17, 15) is 0 Å². The highest BCUT2D eigenvalue weighted by Gasteiger charge is 2.03. The van der Waals surface area contributed by atoms with Crippen molar-refractivity contribution in [3.63, 3.8) is 0 Å². The molecule has 0 spiro atoms. The second-order valence-corrected chi connectivity index (χ2v) is 3.40. The predicted molar refractivity (Wildman–Crippen MR) is 54.9 cm³/mol. The number of aryl methyl sites for hydroxylation is 1. The zero-order valence-corrected chi connectivity index (χ0v) is 8.89. The standard InChI is InChI=1S/C10H13ClN2/c1-8(2)13-7-10(5-4-6-11)9(3)12-13/h7-8H,6H2,1-3H3. The van der Waals surface area contributed by atoms with E-state index in [-0.39, 0.29) is 0 Å². The van der Waals surface area contributed by atoms with Gasteiger partial charge in [0.25, 0.3) is 0 Å². The summed E-state index contributed by atoms with van der Waals surface area (Å²) >= 11 is 5.47. The molecule has 0 aliphatic heterocycles. The van der Waals surface area contributed by atoms with Gasteiger partial charge in [0, 0.05) is 12.2 Å². The van der Waals surface area contributed by atoms with Crippen molar-refractivity contribution in [3.8, 4) is 11.8 Å². The Morgan fingerprint density at radius 1 is 1.62 bits per heavy atom. The summed E-state index contributed by atoms with van der Waals surface area (Å²) in [5, 5.41) is 4.33. The van der Waals surface area contributed by atoms with Crippen LogP contribution >= 0.6 is 11.6 Å². The largest absolute Gasteiger partial charge is 0.269 e. The highest BCUT2D eigenvalue weighted by Crippen LogP contribution is 2.08. The van der Waals surface area contributed by atoms with Crippen LogP contribution in [-0.2, 0) is 0 Å². The lowest BCUT2D eigenvalue weighted by atomic mass is 10.3. The first-order valence-corrected chi connectivity index (χ1v) is 4.79. The molecule has 0 aliphatic carbocycles. The summed E-state index contributed by atoms with van der Waals surface area (Å²) in [6.07, 6.45) is 1.96. The maximum Gasteiger partial charge on any atom is 0.0839 e. The van der Waals surface area contributed by atoms with Gasteiger partial charge in [-0.05, 0) is 20.8 Å². The number of alkyl halides is 1. The molecule has 0 radical (unpaired) electrons. The van der Waals surface area contributed by atoms with Crippen molar-refractivity contribution in [3.05, 3.63) is 17.5 Å². The maximum absolute atomic E-state index is 5.47. The molecule has 1 aromatic rings. The Bertz CT molecular complexity index is 342. The Morgan fingerprint density at radius 2 is 2.31 bits per heavy atom. The topological polar surface area (TPSA) is 17.8 Å². The summed E-state index contributed by atoms with van der Waals surface area (Å²) in [6, 6.07) is 0.380. The molecule has 0 atom stereocenters. The zero-order valence-electron chi connectivity index (χ0n) is 8.13. The minimum atomic E-state index is 0.367. The first-order valence-electron chi connectivity index (χ1n) is 4.25. The van der Waals surface area contributed by atoms with E-state index >= 15 is 0 Å². The van der Waals surface area contributed by atoms with Gasteiger partial charge < -0.3 is 0 Å². The summed E-state index contributed by atoms with van der Waals surface area (Å²) in [6.45, 7) is 6.13. The van der Waals surface area contributed by atoms with Crippen LogP contribution in [0.2, 0.25) is 0 Å². The average Bonchev–Trinajstić information content (AvgIpc) is 2.44. The lowest BCUT2D eigenvalue weighted by molar-refractivity contribution is 0.529. The Hall–Kier alpha value is -0.940. The van der Waals surface area contributed by atoms with Crippen molar-refractivity contribution in [1.29, 1.82) is 0 Å². The first-order chi connectivity index (χ1) is 6.15. The van der Waals surface area contributed by atoms with E-state index in [1.165, 1.54) is 0 Å². The lowest BCUT2D eigenvalue weighted by Crippen LogP contribution is -2.00. The molecule has 0 aromatic carbocycles. The third kappa shape index (κ3) is 2.50. The molecule has 0 saturated heterocycles. The van der Waals surface area contributed by atoms with Crippen LogP contribution in [0.15, 0.2) is 6.20 Å². The Kier molecular flexibility index (Phi) is 3.39. The Balaban J connectivity index is 2.96. The second-order valence-electron chi connectivity index (χ2n) is 3.14.